The molecule has 3 heterocycles. The second-order valence-corrected chi connectivity index (χ2v) is 15.1. The molecule has 11 rings (SSSR count). The Morgan fingerprint density at radius 2 is 0.839 bits per heavy atom. The third-order valence-corrected chi connectivity index (χ3v) is 11.8. The van der Waals surface area contributed by atoms with Crippen molar-refractivity contribution in [1.29, 1.82) is 0 Å². The van der Waals surface area contributed by atoms with Crippen molar-refractivity contribution in [3.8, 4) is 62.1 Å². The molecule has 3 aromatic heterocycles. The fourth-order valence-electron chi connectivity index (χ4n) is 8.10. The number of aromatic nitrogens is 4. The molecule has 0 saturated carbocycles. The number of fused-ring (bicyclic) bond motifs is 6. The maximum Gasteiger partial charge on any atom is 0.164 e. The van der Waals surface area contributed by atoms with E-state index in [1.807, 2.05) is 72.0 Å². The summed E-state index contributed by atoms with van der Waals surface area (Å²) in [7, 11) is 0. The van der Waals surface area contributed by atoms with E-state index in [2.05, 4.69) is 138 Å². The van der Waals surface area contributed by atoms with Gasteiger partial charge in [0.05, 0.1) is 11.0 Å². The predicted octanol–water partition coefficient (Wildman–Crippen LogP) is 13.7. The highest BCUT2D eigenvalue weighted by atomic mass is 32.1. The number of rotatable bonds is 6. The molecule has 0 aliphatic rings. The van der Waals surface area contributed by atoms with Crippen LogP contribution in [0.25, 0.3) is 104 Å². The molecule has 56 heavy (non-hydrogen) atoms. The minimum Gasteiger partial charge on any atom is -0.309 e. The fourth-order valence-corrected chi connectivity index (χ4v) is 9.23. The fraction of sp³-hybridized carbons (Fsp3) is 0. The van der Waals surface area contributed by atoms with Crippen molar-refractivity contribution in [2.45, 2.75) is 0 Å². The van der Waals surface area contributed by atoms with Crippen molar-refractivity contribution in [3.05, 3.63) is 194 Å². The van der Waals surface area contributed by atoms with Gasteiger partial charge in [-0.3, -0.25) is 0 Å². The van der Waals surface area contributed by atoms with Crippen LogP contribution in [0.1, 0.15) is 0 Å². The van der Waals surface area contributed by atoms with Gasteiger partial charge >= 0.3 is 0 Å². The molecule has 0 saturated heterocycles. The second kappa shape index (κ2) is 13.3. The van der Waals surface area contributed by atoms with Crippen molar-refractivity contribution in [2.75, 3.05) is 0 Å². The molecular weight excluding hydrogens is 701 g/mol. The summed E-state index contributed by atoms with van der Waals surface area (Å²) in [4.78, 5) is 14.8. The van der Waals surface area contributed by atoms with Gasteiger partial charge in [0.15, 0.2) is 17.5 Å². The number of thiophene rings is 1. The lowest BCUT2D eigenvalue weighted by Crippen LogP contribution is -2.00. The third-order valence-electron chi connectivity index (χ3n) is 10.7. The Morgan fingerprint density at radius 3 is 1.55 bits per heavy atom. The van der Waals surface area contributed by atoms with E-state index in [1.54, 1.807) is 0 Å². The monoisotopic (exact) mass is 732 g/mol. The first-order chi connectivity index (χ1) is 27.8. The Hall–Kier alpha value is -7.21. The zero-order valence-electron chi connectivity index (χ0n) is 30.2. The zero-order valence-corrected chi connectivity index (χ0v) is 31.0. The summed E-state index contributed by atoms with van der Waals surface area (Å²) < 4.78 is 5.04. The predicted molar refractivity (Wildman–Crippen MR) is 234 cm³/mol. The topological polar surface area (TPSA) is 43.6 Å². The highest BCUT2D eigenvalue weighted by Crippen LogP contribution is 2.42. The Bertz CT molecular complexity index is 3180. The summed E-state index contributed by atoms with van der Waals surface area (Å²) in [5, 5.41) is 5.08. The first kappa shape index (κ1) is 32.2. The van der Waals surface area contributed by atoms with Gasteiger partial charge in [0.2, 0.25) is 0 Å². The van der Waals surface area contributed by atoms with Crippen molar-refractivity contribution >= 4 is 53.3 Å². The van der Waals surface area contributed by atoms with Crippen LogP contribution in [0.4, 0.5) is 0 Å². The number of benzene rings is 8. The molecule has 0 amide bonds. The summed E-state index contributed by atoms with van der Waals surface area (Å²) in [5.74, 6) is 1.95. The van der Waals surface area contributed by atoms with Crippen LogP contribution in [0.3, 0.4) is 0 Å². The molecule has 0 unspecified atom stereocenters. The quantitative estimate of drug-likeness (QED) is 0.171. The molecule has 0 N–H and O–H groups in total. The average Bonchev–Trinajstić information content (AvgIpc) is 3.83. The van der Waals surface area contributed by atoms with Crippen LogP contribution in [0.2, 0.25) is 0 Å². The van der Waals surface area contributed by atoms with Crippen LogP contribution in [-0.2, 0) is 0 Å². The standard InChI is InChI=1S/C51H32N4S/c1-3-14-34(15-4-1)49-52-50(35-16-5-2-6-17-35)54-51(53-49)36-30-28-33(29-31-36)39-22-12-25-44-47(39)41-20-7-9-24-43(41)55(44)38-19-11-18-37(32-38)40-23-13-27-46-48(40)42-21-8-10-26-45(42)56-46/h1-32H. The number of hydrogen-bond acceptors (Lipinski definition) is 4. The SMILES string of the molecule is c1ccc(-c2nc(-c3ccccc3)nc(-c3ccc(-c4cccc5c4c4ccccc4n5-c4cccc(-c5cccc6sc7ccccc7c56)c4)cc3)n2)cc1. The van der Waals surface area contributed by atoms with E-state index in [9.17, 15) is 0 Å². The van der Waals surface area contributed by atoms with Crippen molar-refractivity contribution in [3.63, 3.8) is 0 Å². The molecule has 0 aliphatic heterocycles. The summed E-state index contributed by atoms with van der Waals surface area (Å²) >= 11 is 1.86. The largest absolute Gasteiger partial charge is 0.309 e. The zero-order chi connectivity index (χ0) is 37.0. The molecule has 8 aromatic carbocycles. The van der Waals surface area contributed by atoms with Crippen LogP contribution in [0, 0.1) is 0 Å². The molecule has 5 heteroatoms. The van der Waals surface area contributed by atoms with E-state index in [0.29, 0.717) is 17.5 Å². The van der Waals surface area contributed by atoms with E-state index < -0.39 is 0 Å². The van der Waals surface area contributed by atoms with Gasteiger partial charge in [0.25, 0.3) is 0 Å². The Kier molecular flexibility index (Phi) is 7.64. The van der Waals surface area contributed by atoms with Gasteiger partial charge in [-0.05, 0) is 58.7 Å². The van der Waals surface area contributed by atoms with E-state index in [-0.39, 0.29) is 0 Å². The molecule has 0 aliphatic carbocycles. The summed E-state index contributed by atoms with van der Waals surface area (Å²) in [5.41, 5.74) is 11.1. The first-order valence-corrected chi connectivity index (χ1v) is 19.6. The van der Waals surface area contributed by atoms with Crippen molar-refractivity contribution in [1.82, 2.24) is 19.5 Å². The number of hydrogen-bond donors (Lipinski definition) is 0. The molecule has 4 nitrogen and oxygen atoms in total. The Morgan fingerprint density at radius 1 is 0.339 bits per heavy atom. The highest BCUT2D eigenvalue weighted by molar-refractivity contribution is 7.25. The van der Waals surface area contributed by atoms with E-state index in [4.69, 9.17) is 15.0 Å². The molecule has 0 atom stereocenters. The van der Waals surface area contributed by atoms with Gasteiger partial charge in [-0.25, -0.2) is 15.0 Å². The molecule has 0 radical (unpaired) electrons. The van der Waals surface area contributed by atoms with Crippen LogP contribution in [-0.4, -0.2) is 19.5 Å². The average molecular weight is 733 g/mol. The van der Waals surface area contributed by atoms with Gasteiger partial charge in [-0.15, -0.1) is 11.3 Å². The van der Waals surface area contributed by atoms with Crippen LogP contribution >= 0.6 is 11.3 Å². The lowest BCUT2D eigenvalue weighted by atomic mass is 9.98. The normalized spacial score (nSPS) is 11.6. The molecule has 0 spiro atoms. The third kappa shape index (κ3) is 5.40. The van der Waals surface area contributed by atoms with Crippen LogP contribution in [0.15, 0.2) is 194 Å². The maximum absolute atomic E-state index is 4.96. The van der Waals surface area contributed by atoms with Crippen LogP contribution in [0.5, 0.6) is 0 Å². The smallest absolute Gasteiger partial charge is 0.164 e. The summed E-state index contributed by atoms with van der Waals surface area (Å²) in [6.45, 7) is 0. The summed E-state index contributed by atoms with van der Waals surface area (Å²) in [6, 6.07) is 68.7. The van der Waals surface area contributed by atoms with Crippen molar-refractivity contribution in [2.24, 2.45) is 0 Å². The van der Waals surface area contributed by atoms with Gasteiger partial charge in [-0.2, -0.15) is 0 Å². The first-order valence-electron chi connectivity index (χ1n) is 18.8. The Labute approximate surface area is 327 Å². The maximum atomic E-state index is 4.96. The van der Waals surface area contributed by atoms with Gasteiger partial charge in [0.1, 0.15) is 0 Å². The lowest BCUT2D eigenvalue weighted by Gasteiger charge is -2.12. The summed E-state index contributed by atoms with van der Waals surface area (Å²) in [6.07, 6.45) is 0. The molecule has 0 fully saturated rings. The minimum atomic E-state index is 0.644. The second-order valence-electron chi connectivity index (χ2n) is 14.0. The molecule has 0 bridgehead atoms. The van der Waals surface area contributed by atoms with Gasteiger partial charge < -0.3 is 4.57 Å². The number of para-hydroxylation sites is 1. The van der Waals surface area contributed by atoms with E-state index in [1.165, 1.54) is 58.7 Å². The Balaban J connectivity index is 1.03. The molecule has 11 aromatic rings. The highest BCUT2D eigenvalue weighted by Gasteiger charge is 2.18. The van der Waals surface area contributed by atoms with Crippen molar-refractivity contribution < 1.29 is 0 Å². The van der Waals surface area contributed by atoms with Gasteiger partial charge in [0, 0.05) is 53.3 Å². The lowest BCUT2D eigenvalue weighted by molar-refractivity contribution is 1.07. The minimum absolute atomic E-state index is 0.644. The van der Waals surface area contributed by atoms with E-state index in [0.717, 1.165) is 27.9 Å². The molecular formula is C51H32N4S. The van der Waals surface area contributed by atoms with Crippen LogP contribution < -0.4 is 0 Å². The number of nitrogens with zero attached hydrogens (tertiary/aromatic N) is 4. The van der Waals surface area contributed by atoms with Gasteiger partial charge in [-0.1, -0.05) is 158 Å². The molecule has 262 valence electrons. The van der Waals surface area contributed by atoms with E-state index >= 15 is 0 Å².